The topological polar surface area (TPSA) is 75.7 Å². The molecular formula is C21H27ClN2O4S. The predicted molar refractivity (Wildman–Crippen MR) is 117 cm³/mol. The molecule has 29 heavy (non-hydrogen) atoms. The fraction of sp³-hybridized carbons (Fsp3) is 0.381. The van der Waals surface area contributed by atoms with Crippen LogP contribution in [0.1, 0.15) is 25.3 Å². The van der Waals surface area contributed by atoms with Crippen LogP contribution in [0.25, 0.3) is 0 Å². The fourth-order valence-corrected chi connectivity index (χ4v) is 4.41. The molecule has 0 saturated carbocycles. The smallest absolute Gasteiger partial charge is 0.243 e. The van der Waals surface area contributed by atoms with Crippen molar-refractivity contribution in [1.82, 2.24) is 5.32 Å². The van der Waals surface area contributed by atoms with Crippen molar-refractivity contribution in [3.63, 3.8) is 0 Å². The number of sulfonamides is 1. The van der Waals surface area contributed by atoms with Gasteiger partial charge in [-0.25, -0.2) is 8.42 Å². The van der Waals surface area contributed by atoms with Gasteiger partial charge in [-0.15, -0.1) is 0 Å². The van der Waals surface area contributed by atoms with Crippen LogP contribution in [0.15, 0.2) is 48.5 Å². The molecule has 1 atom stereocenters. The van der Waals surface area contributed by atoms with E-state index < -0.39 is 16.1 Å². The van der Waals surface area contributed by atoms with Crippen LogP contribution in [0.3, 0.4) is 0 Å². The van der Waals surface area contributed by atoms with Crippen molar-refractivity contribution < 1.29 is 17.9 Å². The number of amides is 1. The Morgan fingerprint density at radius 3 is 2.48 bits per heavy atom. The zero-order valence-electron chi connectivity index (χ0n) is 16.9. The molecule has 0 heterocycles. The largest absolute Gasteiger partial charge is 0.497 e. The lowest BCUT2D eigenvalue weighted by molar-refractivity contribution is -0.122. The molecule has 0 aliphatic carbocycles. The summed E-state index contributed by atoms with van der Waals surface area (Å²) in [6.45, 7) is 2.24. The van der Waals surface area contributed by atoms with E-state index in [1.165, 1.54) is 7.11 Å². The van der Waals surface area contributed by atoms with Crippen molar-refractivity contribution in [3.8, 4) is 5.75 Å². The third-order valence-corrected chi connectivity index (χ3v) is 5.92. The number of aryl methyl sites for hydroxylation is 1. The van der Waals surface area contributed by atoms with E-state index in [-0.39, 0.29) is 5.91 Å². The second kappa shape index (κ2) is 10.5. The normalized spacial score (nSPS) is 12.3. The van der Waals surface area contributed by atoms with Crippen molar-refractivity contribution >= 4 is 33.2 Å². The van der Waals surface area contributed by atoms with Crippen LogP contribution in [0, 0.1) is 0 Å². The summed E-state index contributed by atoms with van der Waals surface area (Å²) in [7, 11) is -2.16. The van der Waals surface area contributed by atoms with Crippen molar-refractivity contribution in [2.75, 3.05) is 24.2 Å². The van der Waals surface area contributed by atoms with Gasteiger partial charge in [0.25, 0.3) is 0 Å². The Morgan fingerprint density at radius 1 is 1.21 bits per heavy atom. The minimum absolute atomic E-state index is 0.322. The number of halogens is 1. The van der Waals surface area contributed by atoms with Gasteiger partial charge in [0.1, 0.15) is 11.8 Å². The highest BCUT2D eigenvalue weighted by Gasteiger charge is 2.31. The Balaban J connectivity index is 2.06. The number of hydrogen-bond donors (Lipinski definition) is 1. The van der Waals surface area contributed by atoms with Gasteiger partial charge >= 0.3 is 0 Å². The monoisotopic (exact) mass is 438 g/mol. The van der Waals surface area contributed by atoms with Gasteiger partial charge in [-0.2, -0.15) is 0 Å². The third kappa shape index (κ3) is 6.65. The number of rotatable bonds is 10. The first-order valence-corrected chi connectivity index (χ1v) is 11.6. The van der Waals surface area contributed by atoms with Crippen molar-refractivity contribution in [2.24, 2.45) is 0 Å². The van der Waals surface area contributed by atoms with Gasteiger partial charge in [0.2, 0.25) is 15.9 Å². The van der Waals surface area contributed by atoms with Gasteiger partial charge in [-0.1, -0.05) is 36.7 Å². The molecule has 2 rings (SSSR count). The highest BCUT2D eigenvalue weighted by atomic mass is 35.5. The molecule has 2 aromatic rings. The molecule has 0 aliphatic rings. The van der Waals surface area contributed by atoms with E-state index in [4.69, 9.17) is 16.3 Å². The molecule has 2 aromatic carbocycles. The van der Waals surface area contributed by atoms with Crippen LogP contribution >= 0.6 is 11.6 Å². The number of nitrogens with zero attached hydrogens (tertiary/aromatic N) is 1. The minimum Gasteiger partial charge on any atom is -0.497 e. The molecule has 0 spiro atoms. The molecule has 6 nitrogen and oxygen atoms in total. The maximum atomic E-state index is 12.8. The minimum atomic E-state index is -3.67. The summed E-state index contributed by atoms with van der Waals surface area (Å²) in [5.41, 5.74) is 1.53. The summed E-state index contributed by atoms with van der Waals surface area (Å²) < 4.78 is 31.3. The van der Waals surface area contributed by atoms with Crippen LogP contribution in [0.4, 0.5) is 5.69 Å². The number of anilines is 1. The Morgan fingerprint density at radius 2 is 1.90 bits per heavy atom. The number of nitrogens with one attached hydrogen (secondary N) is 1. The molecule has 0 aromatic heterocycles. The summed E-state index contributed by atoms with van der Waals surface area (Å²) >= 11 is 5.88. The highest BCUT2D eigenvalue weighted by Crippen LogP contribution is 2.26. The molecule has 0 fully saturated rings. The summed E-state index contributed by atoms with van der Waals surface area (Å²) in [6, 6.07) is 13.4. The van der Waals surface area contributed by atoms with E-state index in [1.54, 1.807) is 31.2 Å². The van der Waals surface area contributed by atoms with Gasteiger partial charge in [-0.05, 0) is 49.1 Å². The van der Waals surface area contributed by atoms with Crippen LogP contribution in [0.5, 0.6) is 5.75 Å². The zero-order valence-corrected chi connectivity index (χ0v) is 18.5. The van der Waals surface area contributed by atoms with Crippen molar-refractivity contribution in [1.29, 1.82) is 0 Å². The number of hydrogen-bond acceptors (Lipinski definition) is 4. The summed E-state index contributed by atoms with van der Waals surface area (Å²) in [5.74, 6) is 0.200. The quantitative estimate of drug-likeness (QED) is 0.574. The number of carbonyl (C=O) groups is 1. The first-order valence-electron chi connectivity index (χ1n) is 9.42. The van der Waals surface area contributed by atoms with E-state index in [1.807, 2.05) is 24.3 Å². The Bertz CT molecular complexity index is 917. The van der Waals surface area contributed by atoms with Gasteiger partial charge in [-0.3, -0.25) is 9.10 Å². The lowest BCUT2D eigenvalue weighted by Crippen LogP contribution is -2.49. The number of ether oxygens (including phenoxy) is 1. The Labute approximate surface area is 177 Å². The first kappa shape index (κ1) is 23.0. The molecule has 0 bridgehead atoms. The van der Waals surface area contributed by atoms with Crippen LogP contribution < -0.4 is 14.4 Å². The Hall–Kier alpha value is -2.25. The predicted octanol–water partition coefficient (Wildman–Crippen LogP) is 3.64. The van der Waals surface area contributed by atoms with Crippen LogP contribution in [0.2, 0.25) is 5.02 Å². The molecule has 8 heteroatoms. The maximum absolute atomic E-state index is 12.8. The number of benzene rings is 2. The van der Waals surface area contributed by atoms with E-state index in [0.29, 0.717) is 29.4 Å². The summed E-state index contributed by atoms with van der Waals surface area (Å²) in [5, 5.41) is 3.55. The van der Waals surface area contributed by atoms with Gasteiger partial charge in [0, 0.05) is 17.6 Å². The van der Waals surface area contributed by atoms with Crippen molar-refractivity contribution in [2.45, 2.75) is 32.2 Å². The maximum Gasteiger partial charge on any atom is 0.243 e. The summed E-state index contributed by atoms with van der Waals surface area (Å²) in [4.78, 5) is 12.8. The van der Waals surface area contributed by atoms with E-state index >= 15 is 0 Å². The number of carbonyl (C=O) groups excluding carboxylic acids is 1. The molecular weight excluding hydrogens is 412 g/mol. The number of methoxy groups -OCH3 is 1. The lowest BCUT2D eigenvalue weighted by atomic mass is 10.1. The highest BCUT2D eigenvalue weighted by molar-refractivity contribution is 7.92. The molecule has 0 aliphatic heterocycles. The summed E-state index contributed by atoms with van der Waals surface area (Å²) in [6.07, 6.45) is 2.97. The van der Waals surface area contributed by atoms with Crippen LogP contribution in [-0.2, 0) is 21.2 Å². The van der Waals surface area contributed by atoms with E-state index in [0.717, 1.165) is 29.0 Å². The second-order valence-electron chi connectivity index (χ2n) is 6.71. The molecule has 1 amide bonds. The van der Waals surface area contributed by atoms with Crippen molar-refractivity contribution in [3.05, 3.63) is 59.1 Å². The molecule has 158 valence electrons. The van der Waals surface area contributed by atoms with E-state index in [2.05, 4.69) is 5.32 Å². The van der Waals surface area contributed by atoms with Crippen LogP contribution in [-0.4, -0.2) is 40.3 Å². The fourth-order valence-electron chi connectivity index (χ4n) is 3.08. The first-order chi connectivity index (χ1) is 13.8. The second-order valence-corrected chi connectivity index (χ2v) is 9.00. The lowest BCUT2D eigenvalue weighted by Gasteiger charge is -2.30. The zero-order chi connectivity index (χ0) is 21.4. The van der Waals surface area contributed by atoms with E-state index in [9.17, 15) is 13.2 Å². The average Bonchev–Trinajstić information content (AvgIpc) is 2.69. The molecule has 0 saturated heterocycles. The van der Waals surface area contributed by atoms with Gasteiger partial charge in [0.05, 0.1) is 19.1 Å². The standard InChI is InChI=1S/C21H27ClN2O4S/c1-4-20(21(25)23-14-6-7-16-10-12-17(22)13-11-16)24(29(3,26)27)18-8-5-9-19(15-18)28-2/h5,8-13,15,20H,4,6-7,14H2,1-3H3,(H,23,25)/t20-/m1/s1. The molecule has 0 unspecified atom stereocenters. The molecule has 1 N–H and O–H groups in total. The SMILES string of the molecule is CC[C@H](C(=O)NCCCc1ccc(Cl)cc1)N(c1cccc(OC)c1)S(C)(=O)=O. The van der Waals surface area contributed by atoms with Gasteiger partial charge < -0.3 is 10.1 Å². The Kier molecular flexibility index (Phi) is 8.34. The third-order valence-electron chi connectivity index (χ3n) is 4.49. The van der Waals surface area contributed by atoms with Gasteiger partial charge in [0.15, 0.2) is 0 Å². The molecule has 0 radical (unpaired) electrons. The average molecular weight is 439 g/mol.